The van der Waals surface area contributed by atoms with Crippen LogP contribution < -0.4 is 20.1 Å². The van der Waals surface area contributed by atoms with Crippen molar-refractivity contribution < 1.29 is 19.1 Å². The van der Waals surface area contributed by atoms with Crippen molar-refractivity contribution in [2.45, 2.75) is 49.8 Å². The molecular formula is C26H31N5O4S. The Morgan fingerprint density at radius 2 is 1.58 bits per heavy atom. The van der Waals surface area contributed by atoms with E-state index in [1.165, 1.54) is 18.2 Å². The van der Waals surface area contributed by atoms with Crippen molar-refractivity contribution in [1.82, 2.24) is 20.1 Å². The molecule has 9 nitrogen and oxygen atoms in total. The standard InChI is InChI=1S/C26H31N5O4S/c1-34-21-12-8-18(9-13-21)25(33)27-16-23-29-30-26(31(23)20-6-4-3-5-7-20)36-17-24(32)28-19-10-14-22(35-2)15-11-19/h8-15,20H,3-7,16-17H2,1-2H3,(H,27,33)(H,28,32). The SMILES string of the molecule is COc1ccc(NC(=O)CSc2nnc(CNC(=O)c3ccc(OC)cc3)n2C2CCCCC2)cc1. The second kappa shape index (κ2) is 12.4. The number of ether oxygens (including phenoxy) is 2. The van der Waals surface area contributed by atoms with E-state index in [0.717, 1.165) is 31.4 Å². The Hall–Kier alpha value is -3.53. The van der Waals surface area contributed by atoms with Gasteiger partial charge in [-0.1, -0.05) is 31.0 Å². The maximum absolute atomic E-state index is 12.7. The first kappa shape index (κ1) is 25.6. The van der Waals surface area contributed by atoms with Gasteiger partial charge in [-0.2, -0.15) is 0 Å². The van der Waals surface area contributed by atoms with Gasteiger partial charge in [0.15, 0.2) is 11.0 Å². The minimum Gasteiger partial charge on any atom is -0.497 e. The van der Waals surface area contributed by atoms with E-state index < -0.39 is 0 Å². The number of hydrogen-bond donors (Lipinski definition) is 2. The maximum Gasteiger partial charge on any atom is 0.251 e. The summed E-state index contributed by atoms with van der Waals surface area (Å²) < 4.78 is 12.4. The summed E-state index contributed by atoms with van der Waals surface area (Å²) in [7, 11) is 3.19. The van der Waals surface area contributed by atoms with E-state index in [1.807, 2.05) is 0 Å². The fourth-order valence-corrected chi connectivity index (χ4v) is 5.06. The highest BCUT2D eigenvalue weighted by Gasteiger charge is 2.24. The van der Waals surface area contributed by atoms with Gasteiger partial charge >= 0.3 is 0 Å². The number of thioether (sulfide) groups is 1. The highest BCUT2D eigenvalue weighted by Crippen LogP contribution is 2.32. The van der Waals surface area contributed by atoms with Crippen molar-refractivity contribution in [2.75, 3.05) is 25.3 Å². The summed E-state index contributed by atoms with van der Waals surface area (Å²) in [5, 5.41) is 15.3. The Morgan fingerprint density at radius 3 is 2.22 bits per heavy atom. The monoisotopic (exact) mass is 509 g/mol. The van der Waals surface area contributed by atoms with Crippen LogP contribution in [0.2, 0.25) is 0 Å². The molecule has 0 aliphatic heterocycles. The van der Waals surface area contributed by atoms with Crippen LogP contribution in [-0.4, -0.2) is 46.6 Å². The first-order valence-corrected chi connectivity index (χ1v) is 13.0. The second-order valence-electron chi connectivity index (χ2n) is 8.54. The first-order chi connectivity index (χ1) is 17.6. The predicted octanol–water partition coefficient (Wildman–Crippen LogP) is 4.46. The van der Waals surface area contributed by atoms with Crippen LogP contribution in [0.25, 0.3) is 0 Å². The largest absolute Gasteiger partial charge is 0.497 e. The maximum atomic E-state index is 12.7. The summed E-state index contributed by atoms with van der Waals surface area (Å²) in [5.74, 6) is 2.01. The van der Waals surface area contributed by atoms with Crippen LogP contribution in [0.15, 0.2) is 53.7 Å². The first-order valence-electron chi connectivity index (χ1n) is 12.0. The van der Waals surface area contributed by atoms with Gasteiger partial charge in [0, 0.05) is 17.3 Å². The minimum absolute atomic E-state index is 0.127. The molecule has 10 heteroatoms. The number of carbonyl (C=O) groups excluding carboxylic acids is 2. The minimum atomic E-state index is -0.191. The third-order valence-corrected chi connectivity index (χ3v) is 7.08. The van der Waals surface area contributed by atoms with Gasteiger partial charge in [0.25, 0.3) is 5.91 Å². The Balaban J connectivity index is 1.41. The molecule has 190 valence electrons. The summed E-state index contributed by atoms with van der Waals surface area (Å²) in [6.07, 6.45) is 5.56. The van der Waals surface area contributed by atoms with Gasteiger partial charge in [-0.05, 0) is 61.4 Å². The van der Waals surface area contributed by atoms with Gasteiger partial charge in [0.2, 0.25) is 5.91 Å². The van der Waals surface area contributed by atoms with Crippen molar-refractivity contribution in [3.05, 3.63) is 59.9 Å². The molecule has 2 amide bonds. The van der Waals surface area contributed by atoms with Crippen LogP contribution in [0.1, 0.15) is 54.3 Å². The van der Waals surface area contributed by atoms with E-state index in [2.05, 4.69) is 25.4 Å². The van der Waals surface area contributed by atoms with Gasteiger partial charge in [0.05, 0.1) is 26.5 Å². The van der Waals surface area contributed by atoms with Gasteiger partial charge in [-0.15, -0.1) is 10.2 Å². The third-order valence-electron chi connectivity index (χ3n) is 6.14. The fraction of sp³-hybridized carbons (Fsp3) is 0.385. The fourth-order valence-electron chi connectivity index (χ4n) is 4.24. The smallest absolute Gasteiger partial charge is 0.251 e. The van der Waals surface area contributed by atoms with Crippen LogP contribution in [-0.2, 0) is 11.3 Å². The highest BCUT2D eigenvalue weighted by atomic mass is 32.2. The van der Waals surface area contributed by atoms with Crippen LogP contribution in [0.4, 0.5) is 5.69 Å². The Bertz CT molecular complexity index is 1160. The molecule has 1 aliphatic rings. The van der Waals surface area contributed by atoms with E-state index in [4.69, 9.17) is 9.47 Å². The number of anilines is 1. The number of nitrogens with one attached hydrogen (secondary N) is 2. The van der Waals surface area contributed by atoms with E-state index in [0.29, 0.717) is 28.0 Å². The van der Waals surface area contributed by atoms with Crippen LogP contribution in [0.5, 0.6) is 11.5 Å². The molecule has 0 atom stereocenters. The van der Waals surface area contributed by atoms with E-state index in [9.17, 15) is 9.59 Å². The molecule has 0 spiro atoms. The summed E-state index contributed by atoms with van der Waals surface area (Å²) in [4.78, 5) is 25.2. The lowest BCUT2D eigenvalue weighted by Gasteiger charge is -2.25. The van der Waals surface area contributed by atoms with Crippen molar-refractivity contribution in [3.63, 3.8) is 0 Å². The lowest BCUT2D eigenvalue weighted by Crippen LogP contribution is -2.26. The van der Waals surface area contributed by atoms with Gasteiger partial charge in [-0.3, -0.25) is 9.59 Å². The molecule has 36 heavy (non-hydrogen) atoms. The summed E-state index contributed by atoms with van der Waals surface area (Å²) in [5.41, 5.74) is 1.25. The molecule has 1 aliphatic carbocycles. The highest BCUT2D eigenvalue weighted by molar-refractivity contribution is 7.99. The zero-order chi connectivity index (χ0) is 25.3. The average Bonchev–Trinajstić information content (AvgIpc) is 3.34. The number of carbonyl (C=O) groups is 2. The summed E-state index contributed by atoms with van der Waals surface area (Å²) >= 11 is 1.36. The summed E-state index contributed by atoms with van der Waals surface area (Å²) in [6, 6.07) is 14.4. The lowest BCUT2D eigenvalue weighted by atomic mass is 9.95. The predicted molar refractivity (Wildman–Crippen MR) is 139 cm³/mol. The van der Waals surface area contributed by atoms with Gasteiger partial charge < -0.3 is 24.7 Å². The van der Waals surface area contributed by atoms with Crippen molar-refractivity contribution in [1.29, 1.82) is 0 Å². The molecule has 2 N–H and O–H groups in total. The molecule has 2 aromatic carbocycles. The summed E-state index contributed by atoms with van der Waals surface area (Å²) in [6.45, 7) is 0.257. The van der Waals surface area contributed by atoms with E-state index in [1.54, 1.807) is 62.8 Å². The number of methoxy groups -OCH3 is 2. The zero-order valence-corrected chi connectivity index (χ0v) is 21.3. The number of aromatic nitrogens is 3. The molecule has 0 radical (unpaired) electrons. The molecule has 1 saturated carbocycles. The number of hydrogen-bond acceptors (Lipinski definition) is 7. The number of rotatable bonds is 10. The number of amides is 2. The van der Waals surface area contributed by atoms with Gasteiger partial charge in [0.1, 0.15) is 11.5 Å². The second-order valence-corrected chi connectivity index (χ2v) is 9.48. The third kappa shape index (κ3) is 6.57. The number of nitrogens with zero attached hydrogens (tertiary/aromatic N) is 3. The average molecular weight is 510 g/mol. The molecule has 1 heterocycles. The van der Waals surface area contributed by atoms with Crippen molar-refractivity contribution in [3.8, 4) is 11.5 Å². The molecule has 0 unspecified atom stereocenters. The molecule has 0 bridgehead atoms. The van der Waals surface area contributed by atoms with E-state index in [-0.39, 0.29) is 30.2 Å². The van der Waals surface area contributed by atoms with Crippen LogP contribution in [0.3, 0.4) is 0 Å². The van der Waals surface area contributed by atoms with Gasteiger partial charge in [-0.25, -0.2) is 0 Å². The van der Waals surface area contributed by atoms with Crippen molar-refractivity contribution in [2.24, 2.45) is 0 Å². The van der Waals surface area contributed by atoms with E-state index >= 15 is 0 Å². The Morgan fingerprint density at radius 1 is 0.944 bits per heavy atom. The molecule has 3 aromatic rings. The molecular weight excluding hydrogens is 478 g/mol. The lowest BCUT2D eigenvalue weighted by molar-refractivity contribution is -0.113. The molecule has 1 aromatic heterocycles. The number of benzene rings is 2. The molecule has 1 fully saturated rings. The topological polar surface area (TPSA) is 107 Å². The normalized spacial score (nSPS) is 13.7. The Kier molecular flexibility index (Phi) is 8.83. The molecule has 0 saturated heterocycles. The molecule has 4 rings (SSSR count). The van der Waals surface area contributed by atoms with Crippen molar-refractivity contribution >= 4 is 29.3 Å². The Labute approximate surface area is 215 Å². The zero-order valence-electron chi connectivity index (χ0n) is 20.5. The quantitative estimate of drug-likeness (QED) is 0.389. The van der Waals surface area contributed by atoms with Crippen LogP contribution >= 0.6 is 11.8 Å². The van der Waals surface area contributed by atoms with Crippen LogP contribution in [0, 0.1) is 0 Å².